The van der Waals surface area contributed by atoms with Gasteiger partial charge in [0.15, 0.2) is 0 Å². The van der Waals surface area contributed by atoms with E-state index in [0.717, 1.165) is 16.8 Å². The molecule has 0 aliphatic rings. The van der Waals surface area contributed by atoms with Gasteiger partial charge in [0.25, 0.3) is 0 Å². The molecule has 0 aliphatic carbocycles. The molecule has 0 saturated carbocycles. The Morgan fingerprint density at radius 2 is 1.43 bits per heavy atom. The van der Waals surface area contributed by atoms with Crippen LogP contribution < -0.4 is 0 Å². The molecular weight excluding hydrogens is 262 g/mol. The van der Waals surface area contributed by atoms with Crippen LogP contribution in [0.3, 0.4) is 0 Å². The maximum absolute atomic E-state index is 11.7. The summed E-state index contributed by atoms with van der Waals surface area (Å²) < 4.78 is 5.13. The highest BCUT2D eigenvalue weighted by Crippen LogP contribution is 2.11. The average molecular weight is 281 g/mol. The number of ether oxygens (including phenoxy) is 1. The Hall–Kier alpha value is -2.42. The monoisotopic (exact) mass is 281 g/mol. The van der Waals surface area contributed by atoms with Gasteiger partial charge >= 0.3 is 5.97 Å². The van der Waals surface area contributed by atoms with Crippen LogP contribution in [-0.4, -0.2) is 24.3 Å². The van der Waals surface area contributed by atoms with Crippen molar-refractivity contribution in [3.63, 3.8) is 0 Å². The Labute approximate surface area is 125 Å². The predicted molar refractivity (Wildman–Crippen MR) is 84.6 cm³/mol. The van der Waals surface area contributed by atoms with Crippen LogP contribution >= 0.6 is 0 Å². The van der Waals surface area contributed by atoms with Crippen LogP contribution in [-0.2, 0) is 9.53 Å². The van der Waals surface area contributed by atoms with Crippen LogP contribution in [0.5, 0.6) is 0 Å². The van der Waals surface area contributed by atoms with Crippen molar-refractivity contribution in [3.8, 4) is 0 Å². The van der Waals surface area contributed by atoms with Crippen molar-refractivity contribution in [2.24, 2.45) is 4.99 Å². The van der Waals surface area contributed by atoms with Crippen LogP contribution in [0.1, 0.15) is 25.0 Å². The highest BCUT2D eigenvalue weighted by Gasteiger charge is 2.09. The van der Waals surface area contributed by atoms with Gasteiger partial charge in [-0.25, -0.2) is 0 Å². The molecule has 0 aromatic heterocycles. The molecule has 0 saturated heterocycles. The van der Waals surface area contributed by atoms with Crippen LogP contribution in [0.25, 0.3) is 0 Å². The fourth-order valence-electron chi connectivity index (χ4n) is 1.99. The highest BCUT2D eigenvalue weighted by molar-refractivity contribution is 6.13. The Morgan fingerprint density at radius 1 is 0.952 bits per heavy atom. The molecule has 2 aromatic rings. The molecule has 21 heavy (non-hydrogen) atoms. The van der Waals surface area contributed by atoms with Gasteiger partial charge in [0.1, 0.15) is 6.54 Å². The van der Waals surface area contributed by atoms with Crippen molar-refractivity contribution in [1.29, 1.82) is 0 Å². The minimum atomic E-state index is -0.311. The van der Waals surface area contributed by atoms with E-state index in [1.54, 1.807) is 0 Å². The molecule has 0 radical (unpaired) electrons. The van der Waals surface area contributed by atoms with Gasteiger partial charge in [-0.3, -0.25) is 9.79 Å². The largest absolute Gasteiger partial charge is 0.462 e. The number of hydrogen-bond donors (Lipinski definition) is 0. The SMILES string of the molecule is CC(C)OC(=O)CN=C(c1ccccc1)c1ccccc1. The van der Waals surface area contributed by atoms with Gasteiger partial charge in [0, 0.05) is 11.1 Å². The number of esters is 1. The number of benzene rings is 2. The third kappa shape index (κ3) is 4.56. The van der Waals surface area contributed by atoms with E-state index in [1.807, 2.05) is 74.5 Å². The molecule has 0 N–H and O–H groups in total. The maximum atomic E-state index is 11.7. The van der Waals surface area contributed by atoms with Crippen LogP contribution in [0, 0.1) is 0 Å². The van der Waals surface area contributed by atoms with Crippen molar-refractivity contribution in [2.45, 2.75) is 20.0 Å². The van der Waals surface area contributed by atoms with Gasteiger partial charge in [-0.1, -0.05) is 60.7 Å². The lowest BCUT2D eigenvalue weighted by atomic mass is 10.0. The van der Waals surface area contributed by atoms with E-state index in [9.17, 15) is 4.79 Å². The third-order valence-corrected chi connectivity index (χ3v) is 2.83. The van der Waals surface area contributed by atoms with Crippen molar-refractivity contribution < 1.29 is 9.53 Å². The molecule has 0 atom stereocenters. The molecule has 2 rings (SSSR count). The van der Waals surface area contributed by atoms with Crippen LogP contribution in [0.4, 0.5) is 0 Å². The molecule has 0 aliphatic heterocycles. The van der Waals surface area contributed by atoms with E-state index < -0.39 is 0 Å². The minimum absolute atomic E-state index is 0.0251. The zero-order valence-corrected chi connectivity index (χ0v) is 12.3. The molecule has 3 heteroatoms. The van der Waals surface area contributed by atoms with Crippen molar-refractivity contribution >= 4 is 11.7 Å². The Morgan fingerprint density at radius 3 is 1.86 bits per heavy atom. The fraction of sp³-hybridized carbons (Fsp3) is 0.222. The van der Waals surface area contributed by atoms with Gasteiger partial charge in [0.05, 0.1) is 11.8 Å². The summed E-state index contributed by atoms with van der Waals surface area (Å²) in [4.78, 5) is 16.2. The average Bonchev–Trinajstić information content (AvgIpc) is 2.49. The summed E-state index contributed by atoms with van der Waals surface area (Å²) in [6, 6.07) is 19.7. The molecule has 0 bridgehead atoms. The summed E-state index contributed by atoms with van der Waals surface area (Å²) in [5.74, 6) is -0.311. The van der Waals surface area contributed by atoms with E-state index in [1.165, 1.54) is 0 Å². The molecule has 0 amide bonds. The summed E-state index contributed by atoms with van der Waals surface area (Å²) in [7, 11) is 0. The first-order chi connectivity index (χ1) is 10.2. The van der Waals surface area contributed by atoms with E-state index in [2.05, 4.69) is 4.99 Å². The lowest BCUT2D eigenvalue weighted by Gasteiger charge is -2.09. The number of carbonyl (C=O) groups excluding carboxylic acids is 1. The first kappa shape index (κ1) is 15.0. The molecule has 108 valence electrons. The predicted octanol–water partition coefficient (Wildman–Crippen LogP) is 3.48. The molecule has 0 spiro atoms. The Kier molecular flexibility index (Phi) is 5.27. The first-order valence-electron chi connectivity index (χ1n) is 7.01. The van der Waals surface area contributed by atoms with Gasteiger partial charge in [0.2, 0.25) is 0 Å². The maximum Gasteiger partial charge on any atom is 0.327 e. The number of carbonyl (C=O) groups is 1. The quantitative estimate of drug-likeness (QED) is 0.621. The smallest absolute Gasteiger partial charge is 0.327 e. The topological polar surface area (TPSA) is 38.7 Å². The second kappa shape index (κ2) is 7.39. The lowest BCUT2D eigenvalue weighted by molar-refractivity contribution is -0.145. The second-order valence-electron chi connectivity index (χ2n) is 4.94. The zero-order chi connectivity index (χ0) is 15.1. The van der Waals surface area contributed by atoms with Gasteiger partial charge < -0.3 is 4.74 Å². The van der Waals surface area contributed by atoms with E-state index in [-0.39, 0.29) is 18.6 Å². The normalized spacial score (nSPS) is 10.2. The van der Waals surface area contributed by atoms with Crippen molar-refractivity contribution in [2.75, 3.05) is 6.54 Å². The molecule has 0 fully saturated rings. The van der Waals surface area contributed by atoms with Crippen molar-refractivity contribution in [3.05, 3.63) is 71.8 Å². The second-order valence-corrected chi connectivity index (χ2v) is 4.94. The minimum Gasteiger partial charge on any atom is -0.462 e. The highest BCUT2D eigenvalue weighted by atomic mass is 16.5. The summed E-state index contributed by atoms with van der Waals surface area (Å²) >= 11 is 0. The summed E-state index contributed by atoms with van der Waals surface area (Å²) in [6.07, 6.45) is -0.121. The standard InChI is InChI=1S/C18H19NO2/c1-14(2)21-17(20)13-19-18(15-9-5-3-6-10-15)16-11-7-4-8-12-16/h3-12,14H,13H2,1-2H3. The van der Waals surface area contributed by atoms with Gasteiger partial charge in [-0.05, 0) is 13.8 Å². The summed E-state index contributed by atoms with van der Waals surface area (Å²) in [5, 5.41) is 0. The molecule has 3 nitrogen and oxygen atoms in total. The molecule has 0 unspecified atom stereocenters. The van der Waals surface area contributed by atoms with Gasteiger partial charge in [-0.15, -0.1) is 0 Å². The molecule has 2 aromatic carbocycles. The van der Waals surface area contributed by atoms with E-state index in [0.29, 0.717) is 0 Å². The number of nitrogens with zero attached hydrogens (tertiary/aromatic N) is 1. The fourth-order valence-corrected chi connectivity index (χ4v) is 1.99. The van der Waals surface area contributed by atoms with E-state index >= 15 is 0 Å². The zero-order valence-electron chi connectivity index (χ0n) is 12.3. The lowest BCUT2D eigenvalue weighted by Crippen LogP contribution is -2.15. The van der Waals surface area contributed by atoms with Crippen molar-refractivity contribution in [1.82, 2.24) is 0 Å². The first-order valence-corrected chi connectivity index (χ1v) is 7.01. The van der Waals surface area contributed by atoms with Crippen LogP contribution in [0.2, 0.25) is 0 Å². The molecule has 0 heterocycles. The van der Waals surface area contributed by atoms with E-state index in [4.69, 9.17) is 4.74 Å². The Balaban J connectivity index is 2.27. The number of aliphatic imine (C=N–C) groups is 1. The summed E-state index contributed by atoms with van der Waals surface area (Å²) in [5.41, 5.74) is 2.78. The third-order valence-electron chi connectivity index (χ3n) is 2.83. The number of rotatable bonds is 5. The number of hydrogen-bond acceptors (Lipinski definition) is 3. The summed E-state index contributed by atoms with van der Waals surface area (Å²) in [6.45, 7) is 3.69. The Bertz CT molecular complexity index is 562. The van der Waals surface area contributed by atoms with Gasteiger partial charge in [-0.2, -0.15) is 0 Å². The molecular formula is C18H19NO2. The van der Waals surface area contributed by atoms with Crippen LogP contribution in [0.15, 0.2) is 65.7 Å².